The van der Waals surface area contributed by atoms with E-state index in [1.54, 1.807) is 0 Å². The van der Waals surface area contributed by atoms with Crippen LogP contribution in [0.3, 0.4) is 0 Å². The highest BCUT2D eigenvalue weighted by Crippen LogP contribution is 2.33. The first kappa shape index (κ1) is 10.4. The van der Waals surface area contributed by atoms with Gasteiger partial charge in [0, 0.05) is 16.8 Å². The summed E-state index contributed by atoms with van der Waals surface area (Å²) < 4.78 is 0. The van der Waals surface area contributed by atoms with Gasteiger partial charge in [-0.15, -0.1) is 0 Å². The average molecular weight is 187 g/mol. The summed E-state index contributed by atoms with van der Waals surface area (Å²) in [5, 5.41) is 0. The van der Waals surface area contributed by atoms with Crippen molar-refractivity contribution in [2.24, 2.45) is 0 Å². The summed E-state index contributed by atoms with van der Waals surface area (Å²) in [6.45, 7) is 9.38. The fourth-order valence-electron chi connectivity index (χ4n) is 1.73. The van der Waals surface area contributed by atoms with Gasteiger partial charge < -0.3 is 0 Å². The van der Waals surface area contributed by atoms with Crippen LogP contribution in [0.25, 0.3) is 0 Å². The quantitative estimate of drug-likeness (QED) is 0.573. The van der Waals surface area contributed by atoms with Gasteiger partial charge in [-0.25, -0.2) is 0 Å². The lowest BCUT2D eigenvalue weighted by Crippen LogP contribution is -2.53. The van der Waals surface area contributed by atoms with Crippen molar-refractivity contribution in [3.8, 4) is 0 Å². The zero-order valence-corrected chi connectivity index (χ0v) is 9.79. The van der Waals surface area contributed by atoms with Gasteiger partial charge in [0.15, 0.2) is 0 Å². The van der Waals surface area contributed by atoms with E-state index in [0.717, 1.165) is 0 Å². The van der Waals surface area contributed by atoms with Gasteiger partial charge in [0.05, 0.1) is 0 Å². The van der Waals surface area contributed by atoms with Crippen LogP contribution in [0, 0.1) is 0 Å². The van der Waals surface area contributed by atoms with E-state index in [1.165, 1.54) is 17.9 Å². The Morgan fingerprint density at radius 2 is 1.67 bits per heavy atom. The highest BCUT2D eigenvalue weighted by Gasteiger charge is 2.36. The van der Waals surface area contributed by atoms with Crippen LogP contribution in [-0.4, -0.2) is 34.5 Å². The third-order valence-corrected chi connectivity index (χ3v) is 4.53. The normalized spacial score (nSPS) is 29.8. The first-order valence-electron chi connectivity index (χ1n) is 4.68. The van der Waals surface area contributed by atoms with Crippen LogP contribution in [0.15, 0.2) is 0 Å². The van der Waals surface area contributed by atoms with E-state index in [-0.39, 0.29) is 0 Å². The molecule has 0 saturated carbocycles. The summed E-state index contributed by atoms with van der Waals surface area (Å²) in [6, 6.07) is 0. The molecule has 2 heteroatoms. The molecule has 0 bridgehead atoms. The van der Waals surface area contributed by atoms with Gasteiger partial charge in [0.25, 0.3) is 0 Å². The fourth-order valence-corrected chi connectivity index (χ4v) is 3.21. The lowest BCUT2D eigenvalue weighted by atomic mass is 9.93. The van der Waals surface area contributed by atoms with Gasteiger partial charge >= 0.3 is 0 Å². The molecule has 0 aliphatic carbocycles. The minimum absolute atomic E-state index is 0.352. The summed E-state index contributed by atoms with van der Waals surface area (Å²) in [5.74, 6) is 2.56. The topological polar surface area (TPSA) is 3.24 Å². The molecule has 1 heterocycles. The molecule has 0 aromatic rings. The van der Waals surface area contributed by atoms with Crippen LogP contribution < -0.4 is 0 Å². The maximum atomic E-state index is 2.53. The van der Waals surface area contributed by atoms with Crippen LogP contribution in [-0.2, 0) is 0 Å². The SMILES string of the molecule is CN1C(C)(C)CCSCC1(C)C. The first-order chi connectivity index (χ1) is 5.36. The van der Waals surface area contributed by atoms with Gasteiger partial charge in [-0.05, 0) is 46.9 Å². The third kappa shape index (κ3) is 1.97. The van der Waals surface area contributed by atoms with Crippen molar-refractivity contribution in [1.29, 1.82) is 0 Å². The van der Waals surface area contributed by atoms with E-state index in [2.05, 4.69) is 51.4 Å². The van der Waals surface area contributed by atoms with Crippen LogP contribution >= 0.6 is 11.8 Å². The molecule has 0 radical (unpaired) electrons. The largest absolute Gasteiger partial charge is 0.295 e. The second-order valence-electron chi connectivity index (χ2n) is 4.99. The first-order valence-corrected chi connectivity index (χ1v) is 5.83. The molecule has 0 unspecified atom stereocenters. The van der Waals surface area contributed by atoms with Gasteiger partial charge in [0.2, 0.25) is 0 Å². The maximum Gasteiger partial charge on any atom is 0.0245 e. The number of rotatable bonds is 0. The highest BCUT2D eigenvalue weighted by atomic mass is 32.2. The monoisotopic (exact) mass is 187 g/mol. The molecule has 1 nitrogen and oxygen atoms in total. The van der Waals surface area contributed by atoms with Gasteiger partial charge in [-0.3, -0.25) is 4.90 Å². The predicted octanol–water partition coefficient (Wildman–Crippen LogP) is 2.61. The van der Waals surface area contributed by atoms with E-state index in [1.807, 2.05) is 0 Å². The molecule has 1 rings (SSSR count). The predicted molar refractivity (Wildman–Crippen MR) is 57.9 cm³/mol. The standard InChI is InChI=1S/C10H21NS/c1-9(2)6-7-12-8-10(3,4)11(9)5/h6-8H2,1-5H3. The van der Waals surface area contributed by atoms with Gasteiger partial charge in [0.1, 0.15) is 0 Å². The molecule has 0 atom stereocenters. The zero-order valence-electron chi connectivity index (χ0n) is 8.98. The molecule has 0 spiro atoms. The molecule has 1 saturated heterocycles. The number of hydrogen-bond donors (Lipinski definition) is 0. The smallest absolute Gasteiger partial charge is 0.0245 e. The third-order valence-electron chi connectivity index (χ3n) is 3.13. The van der Waals surface area contributed by atoms with Gasteiger partial charge in [-0.1, -0.05) is 0 Å². The fraction of sp³-hybridized carbons (Fsp3) is 1.00. The van der Waals surface area contributed by atoms with Crippen molar-refractivity contribution < 1.29 is 0 Å². The second kappa shape index (κ2) is 3.22. The van der Waals surface area contributed by atoms with E-state index in [9.17, 15) is 0 Å². The minimum atomic E-state index is 0.352. The molecule has 1 aliphatic heterocycles. The Labute approximate surface area is 80.9 Å². The Morgan fingerprint density at radius 1 is 1.08 bits per heavy atom. The van der Waals surface area contributed by atoms with Crippen molar-refractivity contribution in [1.82, 2.24) is 4.90 Å². The molecule has 1 aliphatic rings. The zero-order chi connectivity index (χ0) is 9.41. The molecule has 0 N–H and O–H groups in total. The molecule has 0 amide bonds. The number of thioether (sulfide) groups is 1. The number of hydrogen-bond acceptors (Lipinski definition) is 2. The second-order valence-corrected chi connectivity index (χ2v) is 6.09. The summed E-state index contributed by atoms with van der Waals surface area (Å²) in [5.41, 5.74) is 0.720. The summed E-state index contributed by atoms with van der Waals surface area (Å²) in [7, 11) is 2.26. The van der Waals surface area contributed by atoms with E-state index in [0.29, 0.717) is 11.1 Å². The highest BCUT2D eigenvalue weighted by molar-refractivity contribution is 7.99. The van der Waals surface area contributed by atoms with Crippen LogP contribution in [0.1, 0.15) is 34.1 Å². The molecule has 72 valence electrons. The van der Waals surface area contributed by atoms with Crippen molar-refractivity contribution in [2.75, 3.05) is 18.6 Å². The molecule has 0 aromatic heterocycles. The molecule has 1 fully saturated rings. The average Bonchev–Trinajstić information content (AvgIpc) is 2.02. The Bertz CT molecular complexity index is 145. The Balaban J connectivity index is 2.81. The Kier molecular flexibility index (Phi) is 2.79. The molecular weight excluding hydrogens is 166 g/mol. The molecule has 12 heavy (non-hydrogen) atoms. The Morgan fingerprint density at radius 3 is 2.25 bits per heavy atom. The van der Waals surface area contributed by atoms with Crippen molar-refractivity contribution in [3.63, 3.8) is 0 Å². The van der Waals surface area contributed by atoms with E-state index < -0.39 is 0 Å². The van der Waals surface area contributed by atoms with E-state index >= 15 is 0 Å². The van der Waals surface area contributed by atoms with Crippen LogP contribution in [0.5, 0.6) is 0 Å². The van der Waals surface area contributed by atoms with E-state index in [4.69, 9.17) is 0 Å². The lowest BCUT2D eigenvalue weighted by Gasteiger charge is -2.44. The molecule has 0 aromatic carbocycles. The van der Waals surface area contributed by atoms with Crippen molar-refractivity contribution >= 4 is 11.8 Å². The summed E-state index contributed by atoms with van der Waals surface area (Å²) >= 11 is 2.09. The lowest BCUT2D eigenvalue weighted by molar-refractivity contribution is 0.0616. The maximum absolute atomic E-state index is 2.53. The number of nitrogens with zero attached hydrogens (tertiary/aromatic N) is 1. The van der Waals surface area contributed by atoms with Crippen LogP contribution in [0.4, 0.5) is 0 Å². The summed E-state index contributed by atoms with van der Waals surface area (Å²) in [6.07, 6.45) is 1.30. The Hall–Kier alpha value is 0.310. The molecular formula is C10H21NS. The minimum Gasteiger partial charge on any atom is -0.295 e. The van der Waals surface area contributed by atoms with Crippen molar-refractivity contribution in [3.05, 3.63) is 0 Å². The summed E-state index contributed by atoms with van der Waals surface area (Å²) in [4.78, 5) is 2.53. The van der Waals surface area contributed by atoms with Crippen molar-refractivity contribution in [2.45, 2.75) is 45.2 Å². The van der Waals surface area contributed by atoms with Crippen LogP contribution in [0.2, 0.25) is 0 Å². The van der Waals surface area contributed by atoms with Gasteiger partial charge in [-0.2, -0.15) is 11.8 Å².